The lowest BCUT2D eigenvalue weighted by Crippen LogP contribution is -2.37. The highest BCUT2D eigenvalue weighted by molar-refractivity contribution is 9.10. The van der Waals surface area contributed by atoms with Crippen molar-refractivity contribution in [1.82, 2.24) is 9.21 Å². The lowest BCUT2D eigenvalue weighted by Gasteiger charge is -2.19. The predicted octanol–water partition coefficient (Wildman–Crippen LogP) is 1.30. The predicted molar refractivity (Wildman–Crippen MR) is 75.2 cm³/mol. The third-order valence-electron chi connectivity index (χ3n) is 3.07. The normalized spacial score (nSPS) is 18.4. The molecule has 1 aliphatic heterocycles. The molecule has 0 saturated carbocycles. The van der Waals surface area contributed by atoms with Gasteiger partial charge in [0.15, 0.2) is 0 Å². The Labute approximate surface area is 121 Å². The van der Waals surface area contributed by atoms with Gasteiger partial charge < -0.3 is 4.90 Å². The highest BCUT2D eigenvalue weighted by atomic mass is 79.9. The van der Waals surface area contributed by atoms with Crippen LogP contribution in [0.3, 0.4) is 0 Å². The maximum absolute atomic E-state index is 12.5. The van der Waals surface area contributed by atoms with Gasteiger partial charge in [0, 0.05) is 24.6 Å². The van der Waals surface area contributed by atoms with E-state index in [1.54, 1.807) is 36.2 Å². The largest absolute Gasteiger partial charge is 0.345 e. The monoisotopic (exact) mass is 346 g/mol. The molecule has 1 aliphatic rings. The van der Waals surface area contributed by atoms with Gasteiger partial charge in [-0.05, 0) is 24.6 Å². The Balaban J connectivity index is 2.31. The van der Waals surface area contributed by atoms with Gasteiger partial charge in [-0.1, -0.05) is 22.0 Å². The molecule has 7 heteroatoms. The molecule has 0 spiro atoms. The highest BCUT2D eigenvalue weighted by Gasteiger charge is 2.29. The highest BCUT2D eigenvalue weighted by Crippen LogP contribution is 2.21. The summed E-state index contributed by atoms with van der Waals surface area (Å²) in [5.41, 5.74) is 0. The van der Waals surface area contributed by atoms with E-state index in [1.165, 1.54) is 4.31 Å². The Morgan fingerprint density at radius 3 is 2.68 bits per heavy atom. The molecule has 1 amide bonds. The average Bonchev–Trinajstić information content (AvgIpc) is 2.52. The van der Waals surface area contributed by atoms with Crippen LogP contribution in [0.25, 0.3) is 0 Å². The first-order valence-electron chi connectivity index (χ1n) is 5.91. The summed E-state index contributed by atoms with van der Waals surface area (Å²) < 4.78 is 26.9. The third kappa shape index (κ3) is 3.16. The zero-order valence-corrected chi connectivity index (χ0v) is 12.9. The first-order chi connectivity index (χ1) is 8.91. The van der Waals surface area contributed by atoms with Gasteiger partial charge in [0.05, 0.1) is 11.4 Å². The van der Waals surface area contributed by atoms with Crippen molar-refractivity contribution >= 4 is 31.9 Å². The number of hydrogen-bond acceptors (Lipinski definition) is 3. The van der Waals surface area contributed by atoms with Gasteiger partial charge >= 0.3 is 0 Å². The summed E-state index contributed by atoms with van der Waals surface area (Å²) in [5, 5.41) is 0. The molecule has 0 unspecified atom stereocenters. The van der Waals surface area contributed by atoms with Crippen LogP contribution < -0.4 is 0 Å². The number of nitrogens with zero attached hydrogens (tertiary/aromatic N) is 2. The van der Waals surface area contributed by atoms with Crippen molar-refractivity contribution in [1.29, 1.82) is 0 Å². The lowest BCUT2D eigenvalue weighted by molar-refractivity contribution is -0.129. The fourth-order valence-corrected chi connectivity index (χ4v) is 3.97. The van der Waals surface area contributed by atoms with Crippen molar-refractivity contribution in [3.8, 4) is 0 Å². The molecular weight excluding hydrogens is 332 g/mol. The fraction of sp³-hybridized carbons (Fsp3) is 0.417. The van der Waals surface area contributed by atoms with E-state index < -0.39 is 10.0 Å². The van der Waals surface area contributed by atoms with Crippen LogP contribution in [0.4, 0.5) is 0 Å². The van der Waals surface area contributed by atoms with E-state index in [0.717, 1.165) is 0 Å². The Kier molecular flexibility index (Phi) is 4.27. The second kappa shape index (κ2) is 5.60. The minimum Gasteiger partial charge on any atom is -0.345 e. The van der Waals surface area contributed by atoms with Gasteiger partial charge in [0.1, 0.15) is 0 Å². The van der Waals surface area contributed by atoms with Crippen LogP contribution in [0.1, 0.15) is 6.42 Å². The molecule has 1 saturated heterocycles. The van der Waals surface area contributed by atoms with E-state index in [2.05, 4.69) is 15.9 Å². The summed E-state index contributed by atoms with van der Waals surface area (Å²) in [5.74, 6) is -0.170. The first-order valence-corrected chi connectivity index (χ1v) is 8.14. The van der Waals surface area contributed by atoms with Crippen LogP contribution in [-0.2, 0) is 14.8 Å². The quantitative estimate of drug-likeness (QED) is 0.810. The smallest absolute Gasteiger partial charge is 0.243 e. The molecule has 0 atom stereocenters. The molecule has 0 bridgehead atoms. The number of carbonyl (C=O) groups excluding carboxylic acids is 1. The average molecular weight is 347 g/mol. The van der Waals surface area contributed by atoms with Gasteiger partial charge in [-0.15, -0.1) is 0 Å². The molecule has 1 heterocycles. The number of benzene rings is 1. The number of sulfonamides is 1. The SMILES string of the molecule is CN1CCCN(S(=O)(=O)c2cccc(Br)c2)CC1=O. The van der Waals surface area contributed by atoms with Crippen molar-refractivity contribution in [2.45, 2.75) is 11.3 Å². The van der Waals surface area contributed by atoms with Gasteiger partial charge in [0.25, 0.3) is 0 Å². The fourth-order valence-electron chi connectivity index (χ4n) is 1.94. The number of likely N-dealkylation sites (N-methyl/N-ethyl adjacent to an activating group) is 1. The maximum Gasteiger partial charge on any atom is 0.243 e. The summed E-state index contributed by atoms with van der Waals surface area (Å²) in [4.78, 5) is 13.6. The van der Waals surface area contributed by atoms with Crippen molar-refractivity contribution in [3.05, 3.63) is 28.7 Å². The van der Waals surface area contributed by atoms with Gasteiger partial charge in [-0.2, -0.15) is 4.31 Å². The molecule has 19 heavy (non-hydrogen) atoms. The van der Waals surface area contributed by atoms with Gasteiger partial charge in [-0.3, -0.25) is 4.79 Å². The van der Waals surface area contributed by atoms with Crippen molar-refractivity contribution in [2.75, 3.05) is 26.7 Å². The minimum atomic E-state index is -3.61. The standard InChI is InChI=1S/C12H15BrN2O3S/c1-14-6-3-7-15(9-12(14)16)19(17,18)11-5-2-4-10(13)8-11/h2,4-5,8H,3,6-7,9H2,1H3. The first kappa shape index (κ1) is 14.5. The molecule has 1 fully saturated rings. The Hall–Kier alpha value is -0.920. The summed E-state index contributed by atoms with van der Waals surface area (Å²) in [6.45, 7) is 0.861. The third-order valence-corrected chi connectivity index (χ3v) is 5.41. The summed E-state index contributed by atoms with van der Waals surface area (Å²) in [6, 6.07) is 6.52. The second-order valence-corrected chi connectivity index (χ2v) is 7.32. The van der Waals surface area contributed by atoms with Crippen molar-refractivity contribution in [3.63, 3.8) is 0 Å². The van der Waals surface area contributed by atoms with E-state index in [0.29, 0.717) is 24.0 Å². The summed E-state index contributed by atoms with van der Waals surface area (Å²) in [6.07, 6.45) is 0.648. The molecule has 0 radical (unpaired) electrons. The number of halogens is 1. The Bertz CT molecular complexity index is 588. The van der Waals surface area contributed by atoms with E-state index in [9.17, 15) is 13.2 Å². The Morgan fingerprint density at radius 1 is 1.26 bits per heavy atom. The van der Waals surface area contributed by atoms with Crippen LogP contribution in [0, 0.1) is 0 Å². The van der Waals surface area contributed by atoms with Crippen molar-refractivity contribution < 1.29 is 13.2 Å². The van der Waals surface area contributed by atoms with Crippen LogP contribution in [0.5, 0.6) is 0 Å². The van der Waals surface area contributed by atoms with E-state index in [1.807, 2.05) is 0 Å². The number of rotatable bonds is 2. The van der Waals surface area contributed by atoms with E-state index in [4.69, 9.17) is 0 Å². The Morgan fingerprint density at radius 2 is 2.00 bits per heavy atom. The van der Waals surface area contributed by atoms with Crippen LogP contribution in [0.2, 0.25) is 0 Å². The van der Waals surface area contributed by atoms with E-state index >= 15 is 0 Å². The second-order valence-electron chi connectivity index (χ2n) is 4.46. The minimum absolute atomic E-state index is 0.0919. The van der Waals surface area contributed by atoms with Crippen LogP contribution >= 0.6 is 15.9 Å². The van der Waals surface area contributed by atoms with Gasteiger partial charge in [0.2, 0.25) is 15.9 Å². The molecule has 1 aromatic rings. The maximum atomic E-state index is 12.5. The molecule has 0 N–H and O–H groups in total. The number of amides is 1. The number of carbonyl (C=O) groups is 1. The molecular formula is C12H15BrN2O3S. The lowest BCUT2D eigenvalue weighted by atomic mass is 10.4. The van der Waals surface area contributed by atoms with E-state index in [-0.39, 0.29) is 17.3 Å². The molecule has 0 aromatic heterocycles. The topological polar surface area (TPSA) is 57.7 Å². The summed E-state index contributed by atoms with van der Waals surface area (Å²) in [7, 11) is -1.92. The summed E-state index contributed by atoms with van der Waals surface area (Å²) >= 11 is 3.26. The zero-order chi connectivity index (χ0) is 14.0. The van der Waals surface area contributed by atoms with Crippen LogP contribution in [-0.4, -0.2) is 50.2 Å². The number of hydrogen-bond donors (Lipinski definition) is 0. The molecule has 0 aliphatic carbocycles. The zero-order valence-electron chi connectivity index (χ0n) is 10.5. The molecule has 1 aromatic carbocycles. The molecule has 5 nitrogen and oxygen atoms in total. The molecule has 104 valence electrons. The van der Waals surface area contributed by atoms with Crippen molar-refractivity contribution in [2.24, 2.45) is 0 Å². The van der Waals surface area contributed by atoms with Crippen LogP contribution in [0.15, 0.2) is 33.6 Å². The van der Waals surface area contributed by atoms with Gasteiger partial charge in [-0.25, -0.2) is 8.42 Å². The molecule has 2 rings (SSSR count).